The van der Waals surface area contributed by atoms with Crippen LogP contribution in [0.25, 0.3) is 0 Å². The van der Waals surface area contributed by atoms with Crippen LogP contribution in [0.15, 0.2) is 36.8 Å². The zero-order valence-electron chi connectivity index (χ0n) is 14.4. The van der Waals surface area contributed by atoms with Crippen LogP contribution in [0, 0.1) is 5.92 Å². The van der Waals surface area contributed by atoms with Crippen molar-refractivity contribution in [1.82, 2.24) is 20.3 Å². The molecule has 132 valence electrons. The smallest absolute Gasteiger partial charge is 0.242 e. The van der Waals surface area contributed by atoms with Crippen molar-refractivity contribution in [1.29, 1.82) is 0 Å². The zero-order valence-corrected chi connectivity index (χ0v) is 14.4. The fraction of sp³-hybridized carbons (Fsp3) is 0.526. The average molecular weight is 339 g/mol. The highest BCUT2D eigenvalue weighted by molar-refractivity contribution is 5.85. The first-order valence-electron chi connectivity index (χ1n) is 9.28. The number of hydrogen-bond acceptors (Lipinski definition) is 4. The molecule has 0 spiro atoms. The van der Waals surface area contributed by atoms with Gasteiger partial charge >= 0.3 is 0 Å². The molecular weight excluding hydrogens is 314 g/mol. The molecule has 4 rings (SSSR count). The number of hydrogen-bond donors (Lipinski definition) is 2. The molecule has 1 saturated carbocycles. The van der Waals surface area contributed by atoms with Crippen LogP contribution in [0.3, 0.4) is 0 Å². The Hall–Kier alpha value is -2.37. The highest BCUT2D eigenvalue weighted by atomic mass is 16.2. The molecular formula is C19H25N5O. The van der Waals surface area contributed by atoms with Gasteiger partial charge in [0.1, 0.15) is 6.04 Å². The quantitative estimate of drug-likeness (QED) is 0.877. The molecule has 0 radical (unpaired) electrons. The Morgan fingerprint density at radius 3 is 2.88 bits per heavy atom. The molecule has 1 aliphatic heterocycles. The number of carbonyl (C=O) groups is 1. The number of fused-ring (bicyclic) bond motifs is 1. The average Bonchev–Trinajstić information content (AvgIpc) is 3.30. The molecule has 0 bridgehead atoms. The normalized spacial score (nSPS) is 25.6. The Labute approximate surface area is 148 Å². The number of anilines is 1. The van der Waals surface area contributed by atoms with Crippen molar-refractivity contribution >= 4 is 11.9 Å². The minimum Gasteiger partial charge on any atom is -0.365 e. The number of rotatable bonds is 5. The second-order valence-electron chi connectivity index (χ2n) is 7.06. The van der Waals surface area contributed by atoms with Gasteiger partial charge in [-0.2, -0.15) is 0 Å². The van der Waals surface area contributed by atoms with Gasteiger partial charge in [-0.05, 0) is 43.4 Å². The van der Waals surface area contributed by atoms with Crippen molar-refractivity contribution in [3.05, 3.63) is 42.5 Å². The molecule has 3 heterocycles. The minimum atomic E-state index is -0.154. The summed E-state index contributed by atoms with van der Waals surface area (Å²) < 4.78 is 0. The molecule has 2 aliphatic rings. The van der Waals surface area contributed by atoms with Gasteiger partial charge < -0.3 is 15.2 Å². The first-order chi connectivity index (χ1) is 12.3. The Kier molecular flexibility index (Phi) is 4.68. The molecule has 2 aromatic heterocycles. The predicted octanol–water partition coefficient (Wildman–Crippen LogP) is 2.30. The van der Waals surface area contributed by atoms with Crippen LogP contribution in [-0.2, 0) is 11.2 Å². The van der Waals surface area contributed by atoms with Crippen molar-refractivity contribution in [2.24, 2.45) is 5.92 Å². The third-order valence-corrected chi connectivity index (χ3v) is 5.53. The molecule has 1 amide bonds. The van der Waals surface area contributed by atoms with Crippen LogP contribution in [0.4, 0.5) is 5.95 Å². The second kappa shape index (κ2) is 7.25. The van der Waals surface area contributed by atoms with Crippen molar-refractivity contribution in [2.45, 2.75) is 50.6 Å². The first kappa shape index (κ1) is 16.1. The molecule has 1 aliphatic carbocycles. The Morgan fingerprint density at radius 1 is 1.24 bits per heavy atom. The molecule has 2 aromatic rings. The van der Waals surface area contributed by atoms with E-state index < -0.39 is 0 Å². The summed E-state index contributed by atoms with van der Waals surface area (Å²) in [5.74, 6) is 1.38. The molecule has 2 fully saturated rings. The van der Waals surface area contributed by atoms with E-state index in [0.717, 1.165) is 25.0 Å². The number of nitrogens with one attached hydrogen (secondary N) is 2. The number of carbonyl (C=O) groups excluding carboxylic acids is 1. The van der Waals surface area contributed by atoms with Crippen molar-refractivity contribution in [2.75, 3.05) is 11.4 Å². The molecule has 25 heavy (non-hydrogen) atoms. The second-order valence-corrected chi connectivity index (χ2v) is 7.06. The van der Waals surface area contributed by atoms with Crippen LogP contribution in [-0.4, -0.2) is 39.5 Å². The number of amides is 1. The van der Waals surface area contributed by atoms with Crippen LogP contribution < -0.4 is 10.2 Å². The highest BCUT2D eigenvalue weighted by Gasteiger charge is 2.46. The van der Waals surface area contributed by atoms with E-state index in [1.165, 1.54) is 19.3 Å². The summed E-state index contributed by atoms with van der Waals surface area (Å²) in [4.78, 5) is 27.1. The van der Waals surface area contributed by atoms with Crippen molar-refractivity contribution in [3.63, 3.8) is 0 Å². The number of aromatic amines is 1. The third-order valence-electron chi connectivity index (χ3n) is 5.53. The summed E-state index contributed by atoms with van der Waals surface area (Å²) in [6.45, 7) is 0.647. The fourth-order valence-corrected chi connectivity index (χ4v) is 4.37. The lowest BCUT2D eigenvalue weighted by molar-refractivity contribution is -0.122. The van der Waals surface area contributed by atoms with Gasteiger partial charge in [-0.25, -0.2) is 9.97 Å². The van der Waals surface area contributed by atoms with E-state index in [1.54, 1.807) is 12.4 Å². The van der Waals surface area contributed by atoms with E-state index >= 15 is 0 Å². The van der Waals surface area contributed by atoms with Crippen molar-refractivity contribution in [3.8, 4) is 0 Å². The van der Waals surface area contributed by atoms with E-state index in [2.05, 4.69) is 25.2 Å². The Balaban J connectivity index is 1.46. The van der Waals surface area contributed by atoms with Gasteiger partial charge in [-0.15, -0.1) is 0 Å². The third kappa shape index (κ3) is 3.38. The molecule has 6 nitrogen and oxygen atoms in total. The largest absolute Gasteiger partial charge is 0.365 e. The summed E-state index contributed by atoms with van der Waals surface area (Å²) in [5, 5.41) is 3.12. The number of H-pyrrole nitrogens is 1. The Morgan fingerprint density at radius 2 is 2.08 bits per heavy atom. The van der Waals surface area contributed by atoms with Crippen molar-refractivity contribution < 1.29 is 4.79 Å². The maximum atomic E-state index is 12.9. The summed E-state index contributed by atoms with van der Waals surface area (Å²) in [7, 11) is 0. The fourth-order valence-electron chi connectivity index (χ4n) is 4.37. The number of aromatic nitrogens is 3. The first-order valence-corrected chi connectivity index (χ1v) is 9.28. The zero-order chi connectivity index (χ0) is 17.1. The standard InChI is InChI=1S/C19H25N5O/c25-18(21-12-8-15-6-3-9-20-15)17-13-14-5-1-2-7-16(14)24(17)19-22-10-4-11-23-19/h3-4,6,9-11,14,16-17,20H,1-2,5,7-8,12-13H2,(H,21,25)/t14-,16+,17-/m0/s1. The van der Waals surface area contributed by atoms with Gasteiger partial charge in [0, 0.05) is 43.3 Å². The number of nitrogens with zero attached hydrogens (tertiary/aromatic N) is 3. The van der Waals surface area contributed by atoms with Gasteiger partial charge in [0.05, 0.1) is 0 Å². The van der Waals surface area contributed by atoms with E-state index in [1.807, 2.05) is 24.4 Å². The SMILES string of the molecule is O=C(NCCc1ccc[nH]1)[C@@H]1C[C@@H]2CCCC[C@H]2N1c1ncccn1. The van der Waals surface area contributed by atoms with Gasteiger partial charge in [0.15, 0.2) is 0 Å². The Bertz CT molecular complexity index is 687. The maximum absolute atomic E-state index is 12.9. The summed E-state index contributed by atoms with van der Waals surface area (Å²) in [5.41, 5.74) is 1.14. The molecule has 1 saturated heterocycles. The van der Waals surface area contributed by atoms with Gasteiger partial charge in [0.2, 0.25) is 11.9 Å². The van der Waals surface area contributed by atoms with E-state index in [4.69, 9.17) is 0 Å². The lowest BCUT2D eigenvalue weighted by Gasteiger charge is -2.33. The predicted molar refractivity (Wildman–Crippen MR) is 96.2 cm³/mol. The van der Waals surface area contributed by atoms with Gasteiger partial charge in [-0.1, -0.05) is 12.8 Å². The lowest BCUT2D eigenvalue weighted by Crippen LogP contribution is -2.48. The van der Waals surface area contributed by atoms with Gasteiger partial charge in [-0.3, -0.25) is 4.79 Å². The molecule has 3 atom stereocenters. The van der Waals surface area contributed by atoms with Crippen LogP contribution in [0.2, 0.25) is 0 Å². The lowest BCUT2D eigenvalue weighted by atomic mass is 9.85. The van der Waals surface area contributed by atoms with Crippen LogP contribution >= 0.6 is 0 Å². The minimum absolute atomic E-state index is 0.105. The monoisotopic (exact) mass is 339 g/mol. The molecule has 0 unspecified atom stereocenters. The summed E-state index contributed by atoms with van der Waals surface area (Å²) in [6, 6.07) is 6.09. The van der Waals surface area contributed by atoms with Crippen LogP contribution in [0.1, 0.15) is 37.8 Å². The van der Waals surface area contributed by atoms with E-state index in [0.29, 0.717) is 24.5 Å². The topological polar surface area (TPSA) is 73.9 Å². The van der Waals surface area contributed by atoms with E-state index in [-0.39, 0.29) is 11.9 Å². The maximum Gasteiger partial charge on any atom is 0.242 e. The van der Waals surface area contributed by atoms with Gasteiger partial charge in [0.25, 0.3) is 0 Å². The summed E-state index contributed by atoms with van der Waals surface area (Å²) in [6.07, 6.45) is 12.0. The molecule has 0 aromatic carbocycles. The summed E-state index contributed by atoms with van der Waals surface area (Å²) >= 11 is 0. The van der Waals surface area contributed by atoms with Crippen LogP contribution in [0.5, 0.6) is 0 Å². The van der Waals surface area contributed by atoms with E-state index in [9.17, 15) is 4.79 Å². The molecule has 2 N–H and O–H groups in total. The highest BCUT2D eigenvalue weighted by Crippen LogP contribution is 2.41. The molecule has 6 heteroatoms.